The van der Waals surface area contributed by atoms with E-state index in [1.807, 2.05) is 0 Å². The maximum absolute atomic E-state index is 12.0. The maximum atomic E-state index is 12.0. The van der Waals surface area contributed by atoms with Gasteiger partial charge >= 0.3 is 0 Å². The van der Waals surface area contributed by atoms with Crippen LogP contribution < -0.4 is 11.1 Å². The number of hydrogen-bond donors (Lipinski definition) is 3. The Morgan fingerprint density at radius 3 is 2.44 bits per heavy atom. The normalized spacial score (nSPS) is 12.9. The molecule has 0 heterocycles. The number of rotatable bonds is 4. The maximum Gasteiger partial charge on any atom is 0.265 e. The largest absolute Gasteiger partial charge is 0.397 e. The van der Waals surface area contributed by atoms with Crippen molar-refractivity contribution in [2.24, 2.45) is 0 Å². The van der Waals surface area contributed by atoms with Crippen LogP contribution in [0.5, 0.6) is 0 Å². The monoisotopic (exact) mass is 270 g/mol. The van der Waals surface area contributed by atoms with Gasteiger partial charge in [0.1, 0.15) is 6.10 Å². The van der Waals surface area contributed by atoms with Crippen molar-refractivity contribution in [3.63, 3.8) is 0 Å². The van der Waals surface area contributed by atoms with Gasteiger partial charge in [0.2, 0.25) is 0 Å². The zero-order chi connectivity index (χ0) is 12.3. The zero-order valence-corrected chi connectivity index (χ0v) is 9.56. The molecule has 0 spiro atoms. The van der Waals surface area contributed by atoms with Crippen LogP contribution in [0.15, 0.2) is 12.1 Å². The van der Waals surface area contributed by atoms with Crippen LogP contribution in [0.2, 0.25) is 10.0 Å². The van der Waals surface area contributed by atoms with E-state index in [2.05, 4.69) is 5.32 Å². The number of aliphatic hydroxyl groups excluding tert-OH is 1. The summed E-state index contributed by atoms with van der Waals surface area (Å²) >= 11 is 11.4. The zero-order valence-electron chi connectivity index (χ0n) is 8.05. The van der Waals surface area contributed by atoms with Crippen LogP contribution in [0.25, 0.3) is 0 Å². The van der Waals surface area contributed by atoms with E-state index in [4.69, 9.17) is 34.0 Å². The molecular formula is C9H10Cl2F2N2O. The van der Waals surface area contributed by atoms with Crippen LogP contribution in [-0.2, 0) is 0 Å². The summed E-state index contributed by atoms with van der Waals surface area (Å²) in [5.74, 6) is 0. The first-order valence-electron chi connectivity index (χ1n) is 4.36. The molecule has 0 amide bonds. The fraction of sp³-hybridized carbons (Fsp3) is 0.333. The van der Waals surface area contributed by atoms with Crippen LogP contribution in [0.1, 0.15) is 0 Å². The highest BCUT2D eigenvalue weighted by molar-refractivity contribution is 6.42. The molecule has 0 bridgehead atoms. The number of halogens is 4. The van der Waals surface area contributed by atoms with E-state index < -0.39 is 12.5 Å². The van der Waals surface area contributed by atoms with Crippen molar-refractivity contribution in [3.8, 4) is 0 Å². The summed E-state index contributed by atoms with van der Waals surface area (Å²) in [5.41, 5.74) is 6.21. The van der Waals surface area contributed by atoms with E-state index >= 15 is 0 Å². The minimum Gasteiger partial charge on any atom is -0.397 e. The molecule has 3 nitrogen and oxygen atoms in total. The lowest BCUT2D eigenvalue weighted by Gasteiger charge is -2.14. The topological polar surface area (TPSA) is 58.3 Å². The van der Waals surface area contributed by atoms with E-state index in [1.54, 1.807) is 0 Å². The summed E-state index contributed by atoms with van der Waals surface area (Å²) in [6.45, 7) is -0.320. The number of nitrogens with one attached hydrogen (secondary N) is 1. The predicted molar refractivity (Wildman–Crippen MR) is 61.4 cm³/mol. The van der Waals surface area contributed by atoms with Crippen LogP contribution in [0.3, 0.4) is 0 Å². The molecule has 0 saturated heterocycles. The summed E-state index contributed by atoms with van der Waals surface area (Å²) in [7, 11) is 0. The fourth-order valence-electron chi connectivity index (χ4n) is 1.02. The summed E-state index contributed by atoms with van der Waals surface area (Å²) < 4.78 is 24.0. The number of alkyl halides is 2. The first-order chi connectivity index (χ1) is 7.41. The lowest BCUT2D eigenvalue weighted by atomic mass is 10.2. The number of hydrogen-bond acceptors (Lipinski definition) is 3. The average Bonchev–Trinajstić information content (AvgIpc) is 2.20. The number of nitrogen functional groups attached to an aromatic ring is 1. The Morgan fingerprint density at radius 2 is 1.88 bits per heavy atom. The Morgan fingerprint density at radius 1 is 1.31 bits per heavy atom. The molecule has 1 aromatic carbocycles. The van der Waals surface area contributed by atoms with Crippen molar-refractivity contribution in [2.45, 2.75) is 12.5 Å². The molecule has 90 valence electrons. The van der Waals surface area contributed by atoms with Crippen molar-refractivity contribution in [2.75, 3.05) is 17.6 Å². The molecular weight excluding hydrogens is 261 g/mol. The van der Waals surface area contributed by atoms with E-state index in [0.717, 1.165) is 0 Å². The molecule has 0 aliphatic carbocycles. The first-order valence-corrected chi connectivity index (χ1v) is 5.12. The van der Waals surface area contributed by atoms with Crippen LogP contribution in [0.4, 0.5) is 20.2 Å². The van der Waals surface area contributed by atoms with E-state index in [9.17, 15) is 8.78 Å². The summed E-state index contributed by atoms with van der Waals surface area (Å²) in [5, 5.41) is 12.0. The van der Waals surface area contributed by atoms with Crippen molar-refractivity contribution in [1.29, 1.82) is 0 Å². The Hall–Kier alpha value is -0.780. The molecule has 1 unspecified atom stereocenters. The number of nitrogens with two attached hydrogens (primary N) is 1. The van der Waals surface area contributed by atoms with Crippen molar-refractivity contribution >= 4 is 34.6 Å². The van der Waals surface area contributed by atoms with E-state index in [0.29, 0.717) is 5.69 Å². The molecule has 0 aliphatic rings. The van der Waals surface area contributed by atoms with Gasteiger partial charge in [0.15, 0.2) is 0 Å². The highest BCUT2D eigenvalue weighted by atomic mass is 35.5. The van der Waals surface area contributed by atoms with Gasteiger partial charge in [0, 0.05) is 6.54 Å². The first kappa shape index (κ1) is 13.3. The molecule has 1 rings (SSSR count). The summed E-state index contributed by atoms with van der Waals surface area (Å²) in [6.07, 6.45) is -4.56. The molecule has 0 aliphatic heterocycles. The van der Waals surface area contributed by atoms with Gasteiger partial charge in [-0.15, -0.1) is 0 Å². The second-order valence-electron chi connectivity index (χ2n) is 3.14. The van der Waals surface area contributed by atoms with Gasteiger partial charge < -0.3 is 16.2 Å². The van der Waals surface area contributed by atoms with Gasteiger partial charge in [-0.25, -0.2) is 8.78 Å². The average molecular weight is 271 g/mol. The summed E-state index contributed by atoms with van der Waals surface area (Å²) in [4.78, 5) is 0. The lowest BCUT2D eigenvalue weighted by molar-refractivity contribution is 0.00385. The van der Waals surface area contributed by atoms with Crippen LogP contribution >= 0.6 is 23.2 Å². The van der Waals surface area contributed by atoms with Gasteiger partial charge in [0.25, 0.3) is 6.43 Å². The molecule has 1 aromatic rings. The van der Waals surface area contributed by atoms with Gasteiger partial charge in [-0.3, -0.25) is 0 Å². The highest BCUT2D eigenvalue weighted by Gasteiger charge is 2.16. The Kier molecular flexibility index (Phi) is 4.58. The minimum atomic E-state index is -2.81. The molecule has 0 saturated carbocycles. The van der Waals surface area contributed by atoms with Crippen molar-refractivity contribution in [3.05, 3.63) is 22.2 Å². The van der Waals surface area contributed by atoms with E-state index in [1.165, 1.54) is 12.1 Å². The molecule has 16 heavy (non-hydrogen) atoms. The predicted octanol–water partition coefficient (Wildman–Crippen LogP) is 2.61. The van der Waals surface area contributed by atoms with Crippen LogP contribution in [-0.4, -0.2) is 24.2 Å². The third-order valence-corrected chi connectivity index (χ3v) is 2.61. The smallest absolute Gasteiger partial charge is 0.265 e. The Labute approximate surface area is 101 Å². The highest BCUT2D eigenvalue weighted by Crippen LogP contribution is 2.30. The standard InChI is InChI=1S/C9H10Cl2F2N2O/c10-4-1-6(14)7(2-5(4)11)15-3-8(16)9(12)13/h1-2,8-9,15-16H,3,14H2. The molecule has 7 heteroatoms. The third-order valence-electron chi connectivity index (χ3n) is 1.88. The number of anilines is 2. The fourth-order valence-corrected chi connectivity index (χ4v) is 1.35. The lowest BCUT2D eigenvalue weighted by Crippen LogP contribution is -2.27. The Balaban J connectivity index is 2.71. The second-order valence-corrected chi connectivity index (χ2v) is 3.95. The van der Waals surface area contributed by atoms with Gasteiger partial charge in [-0.2, -0.15) is 0 Å². The quantitative estimate of drug-likeness (QED) is 0.738. The van der Waals surface area contributed by atoms with Gasteiger partial charge in [0.05, 0.1) is 21.4 Å². The number of aliphatic hydroxyl groups is 1. The van der Waals surface area contributed by atoms with Crippen molar-refractivity contribution in [1.82, 2.24) is 0 Å². The second kappa shape index (κ2) is 5.52. The molecule has 4 N–H and O–H groups in total. The summed E-state index contributed by atoms with van der Waals surface area (Å²) in [6, 6.07) is 2.82. The SMILES string of the molecule is Nc1cc(Cl)c(Cl)cc1NCC(O)C(F)F. The Bertz CT molecular complexity index is 377. The van der Waals surface area contributed by atoms with Crippen molar-refractivity contribution < 1.29 is 13.9 Å². The van der Waals surface area contributed by atoms with E-state index in [-0.39, 0.29) is 22.3 Å². The van der Waals surface area contributed by atoms with Gasteiger partial charge in [-0.1, -0.05) is 23.2 Å². The number of benzene rings is 1. The molecule has 1 atom stereocenters. The molecule has 0 radical (unpaired) electrons. The third kappa shape index (κ3) is 3.37. The van der Waals surface area contributed by atoms with Crippen LogP contribution in [0, 0.1) is 0 Å². The minimum absolute atomic E-state index is 0.255. The molecule has 0 aromatic heterocycles. The van der Waals surface area contributed by atoms with Gasteiger partial charge in [-0.05, 0) is 12.1 Å². The molecule has 0 fully saturated rings.